The fourth-order valence-corrected chi connectivity index (χ4v) is 5.40. The number of fused-ring (bicyclic) bond motifs is 1. The zero-order valence-corrected chi connectivity index (χ0v) is 18.3. The standard InChI is InChI=1S/C23H32N2O3S/c1-3-20-25-18-10-9-17(14-19(18)29-20)8-7-13-24-22(28)23(11-5-4-6-12-23)15-16(2)21(26)27/h9-10,14,16H,3-8,11-13,15H2,1-2H3,(H,24,28)(H,26,27)/t16-/m1/s1. The van der Waals surface area contributed by atoms with Crippen molar-refractivity contribution < 1.29 is 14.7 Å². The first-order valence-electron chi connectivity index (χ1n) is 10.8. The number of carboxylic acid groups (broad SMARTS) is 1. The maximum atomic E-state index is 13.0. The maximum absolute atomic E-state index is 13.0. The highest BCUT2D eigenvalue weighted by molar-refractivity contribution is 7.18. The topological polar surface area (TPSA) is 79.3 Å². The minimum atomic E-state index is -0.813. The number of carbonyl (C=O) groups excluding carboxylic acids is 1. The summed E-state index contributed by atoms with van der Waals surface area (Å²) < 4.78 is 1.23. The Hall–Kier alpha value is -1.95. The summed E-state index contributed by atoms with van der Waals surface area (Å²) in [5, 5.41) is 13.6. The molecule has 2 N–H and O–H groups in total. The van der Waals surface area contributed by atoms with Crippen molar-refractivity contribution in [1.82, 2.24) is 10.3 Å². The van der Waals surface area contributed by atoms with Crippen LogP contribution < -0.4 is 5.32 Å². The number of benzene rings is 1. The van der Waals surface area contributed by atoms with E-state index in [9.17, 15) is 14.7 Å². The van der Waals surface area contributed by atoms with Crippen molar-refractivity contribution in [3.05, 3.63) is 28.8 Å². The third-order valence-corrected chi connectivity index (χ3v) is 7.30. The average Bonchev–Trinajstić information content (AvgIpc) is 3.14. The lowest BCUT2D eigenvalue weighted by atomic mass is 9.68. The second-order valence-electron chi connectivity index (χ2n) is 8.41. The molecule has 1 aliphatic carbocycles. The van der Waals surface area contributed by atoms with Gasteiger partial charge in [0.1, 0.15) is 0 Å². The number of rotatable bonds is 9. The van der Waals surface area contributed by atoms with E-state index in [1.165, 1.54) is 10.3 Å². The van der Waals surface area contributed by atoms with Gasteiger partial charge in [0.05, 0.1) is 21.1 Å². The lowest BCUT2D eigenvalue weighted by Gasteiger charge is -2.37. The molecule has 1 saturated carbocycles. The molecule has 158 valence electrons. The second-order valence-corrected chi connectivity index (χ2v) is 9.52. The minimum absolute atomic E-state index is 0.0517. The smallest absolute Gasteiger partial charge is 0.306 e. The first kappa shape index (κ1) is 21.8. The second kappa shape index (κ2) is 9.70. The van der Waals surface area contributed by atoms with Gasteiger partial charge < -0.3 is 10.4 Å². The Balaban J connectivity index is 1.54. The summed E-state index contributed by atoms with van der Waals surface area (Å²) in [4.78, 5) is 28.9. The van der Waals surface area contributed by atoms with Crippen LogP contribution in [0.2, 0.25) is 0 Å². The van der Waals surface area contributed by atoms with E-state index in [2.05, 4.69) is 35.4 Å². The maximum Gasteiger partial charge on any atom is 0.306 e. The SMILES string of the molecule is CCc1nc2ccc(CCCNC(=O)C3(C[C@@H](C)C(=O)O)CCCCC3)cc2s1. The van der Waals surface area contributed by atoms with Gasteiger partial charge in [-0.1, -0.05) is 39.2 Å². The normalized spacial score (nSPS) is 17.2. The molecule has 1 aliphatic rings. The van der Waals surface area contributed by atoms with Crippen molar-refractivity contribution in [3.8, 4) is 0 Å². The van der Waals surface area contributed by atoms with Crippen molar-refractivity contribution >= 4 is 33.4 Å². The fraction of sp³-hybridized carbons (Fsp3) is 0.609. The lowest BCUT2D eigenvalue weighted by molar-refractivity contribution is -0.144. The number of amides is 1. The van der Waals surface area contributed by atoms with Gasteiger partial charge in [0.15, 0.2) is 0 Å². The molecule has 1 aromatic carbocycles. The van der Waals surface area contributed by atoms with Crippen LogP contribution in [-0.4, -0.2) is 28.5 Å². The van der Waals surface area contributed by atoms with Crippen molar-refractivity contribution in [2.75, 3.05) is 6.54 Å². The third-order valence-electron chi connectivity index (χ3n) is 6.14. The Labute approximate surface area is 176 Å². The van der Waals surface area contributed by atoms with Gasteiger partial charge in [-0.15, -0.1) is 11.3 Å². The van der Waals surface area contributed by atoms with Crippen molar-refractivity contribution in [3.63, 3.8) is 0 Å². The summed E-state index contributed by atoms with van der Waals surface area (Å²) in [5.74, 6) is -1.25. The highest BCUT2D eigenvalue weighted by Gasteiger charge is 2.41. The van der Waals surface area contributed by atoms with Gasteiger partial charge in [-0.25, -0.2) is 4.98 Å². The number of aliphatic carboxylic acids is 1. The summed E-state index contributed by atoms with van der Waals surface area (Å²) in [6.07, 6.45) is 7.95. The Morgan fingerprint density at radius 3 is 2.72 bits per heavy atom. The summed E-state index contributed by atoms with van der Waals surface area (Å²) in [6.45, 7) is 4.46. The molecule has 0 saturated heterocycles. The van der Waals surface area contributed by atoms with Gasteiger partial charge in [-0.05, 0) is 56.2 Å². The number of carboxylic acids is 1. The number of nitrogens with one attached hydrogen (secondary N) is 1. The monoisotopic (exact) mass is 416 g/mol. The number of hydrogen-bond donors (Lipinski definition) is 2. The van der Waals surface area contributed by atoms with Crippen LogP contribution in [-0.2, 0) is 22.4 Å². The number of hydrogen-bond acceptors (Lipinski definition) is 4. The van der Waals surface area contributed by atoms with Gasteiger partial charge >= 0.3 is 5.97 Å². The molecule has 6 heteroatoms. The van der Waals surface area contributed by atoms with Crippen molar-refractivity contribution in [1.29, 1.82) is 0 Å². The Morgan fingerprint density at radius 1 is 1.28 bits per heavy atom. The molecule has 5 nitrogen and oxygen atoms in total. The molecular weight excluding hydrogens is 384 g/mol. The van der Waals surface area contributed by atoms with Gasteiger partial charge in [-0.3, -0.25) is 9.59 Å². The molecule has 0 bridgehead atoms. The number of aromatic nitrogens is 1. The Morgan fingerprint density at radius 2 is 2.03 bits per heavy atom. The number of thiazole rings is 1. The van der Waals surface area contributed by atoms with Crippen LogP contribution in [0, 0.1) is 11.3 Å². The average molecular weight is 417 g/mol. The summed E-state index contributed by atoms with van der Waals surface area (Å²) in [5.41, 5.74) is 1.83. The van der Waals surface area contributed by atoms with E-state index in [1.807, 2.05) is 0 Å². The number of carbonyl (C=O) groups is 2. The molecule has 1 fully saturated rings. The molecule has 0 radical (unpaired) electrons. The van der Waals surface area contributed by atoms with E-state index >= 15 is 0 Å². The lowest BCUT2D eigenvalue weighted by Crippen LogP contribution is -2.44. The molecule has 1 amide bonds. The number of aryl methyl sites for hydroxylation is 2. The van der Waals surface area contributed by atoms with Gasteiger partial charge in [0, 0.05) is 12.0 Å². The van der Waals surface area contributed by atoms with Gasteiger partial charge in [0.25, 0.3) is 0 Å². The van der Waals surface area contributed by atoms with Crippen LogP contribution in [0.25, 0.3) is 10.2 Å². The molecule has 0 aliphatic heterocycles. The summed E-state index contributed by atoms with van der Waals surface area (Å²) >= 11 is 1.75. The quantitative estimate of drug-likeness (QED) is 0.566. The third kappa shape index (κ3) is 5.35. The first-order valence-corrected chi connectivity index (χ1v) is 11.6. The summed E-state index contributed by atoms with van der Waals surface area (Å²) in [7, 11) is 0. The molecule has 29 heavy (non-hydrogen) atoms. The van der Waals surface area contributed by atoms with E-state index in [0.717, 1.165) is 61.9 Å². The van der Waals surface area contributed by atoms with Gasteiger partial charge in [-0.2, -0.15) is 0 Å². The van der Waals surface area contributed by atoms with E-state index in [4.69, 9.17) is 0 Å². The highest BCUT2D eigenvalue weighted by Crippen LogP contribution is 2.41. The molecule has 3 rings (SSSR count). The molecule has 1 aromatic heterocycles. The number of nitrogens with zero attached hydrogens (tertiary/aromatic N) is 1. The van der Waals surface area contributed by atoms with Gasteiger partial charge in [0.2, 0.25) is 5.91 Å². The highest BCUT2D eigenvalue weighted by atomic mass is 32.1. The van der Waals surface area contributed by atoms with E-state index in [0.29, 0.717) is 13.0 Å². The molecule has 2 aromatic rings. The van der Waals surface area contributed by atoms with E-state index in [-0.39, 0.29) is 5.91 Å². The predicted molar refractivity (Wildman–Crippen MR) is 117 cm³/mol. The molecule has 1 heterocycles. The van der Waals surface area contributed by atoms with Crippen LogP contribution in [0.5, 0.6) is 0 Å². The Bertz CT molecular complexity index is 855. The Kier molecular flexibility index (Phi) is 7.28. The van der Waals surface area contributed by atoms with Crippen LogP contribution in [0.3, 0.4) is 0 Å². The van der Waals surface area contributed by atoms with E-state index < -0.39 is 17.3 Å². The fourth-order valence-electron chi connectivity index (χ4n) is 4.43. The molecule has 0 spiro atoms. The predicted octanol–water partition coefficient (Wildman–Crippen LogP) is 4.97. The molecule has 1 atom stereocenters. The molecule has 0 unspecified atom stereocenters. The van der Waals surface area contributed by atoms with Crippen LogP contribution in [0.15, 0.2) is 18.2 Å². The van der Waals surface area contributed by atoms with Crippen LogP contribution >= 0.6 is 11.3 Å². The molecular formula is C23H32N2O3S. The van der Waals surface area contributed by atoms with Crippen LogP contribution in [0.1, 0.15) is 69.4 Å². The van der Waals surface area contributed by atoms with Crippen molar-refractivity contribution in [2.24, 2.45) is 11.3 Å². The minimum Gasteiger partial charge on any atom is -0.481 e. The van der Waals surface area contributed by atoms with Crippen molar-refractivity contribution in [2.45, 2.75) is 71.6 Å². The zero-order valence-electron chi connectivity index (χ0n) is 17.5. The van der Waals surface area contributed by atoms with E-state index in [1.54, 1.807) is 18.3 Å². The zero-order chi connectivity index (χ0) is 20.9. The first-order chi connectivity index (χ1) is 13.9. The largest absolute Gasteiger partial charge is 0.481 e. The summed E-state index contributed by atoms with van der Waals surface area (Å²) in [6, 6.07) is 6.43. The van der Waals surface area contributed by atoms with Crippen LogP contribution in [0.4, 0.5) is 0 Å².